The van der Waals surface area contributed by atoms with Crippen molar-refractivity contribution in [2.45, 2.75) is 32.6 Å². The molecule has 0 spiro atoms. The Balaban J connectivity index is 0.00000676. The van der Waals surface area contributed by atoms with Gasteiger partial charge < -0.3 is 24.8 Å². The Kier molecular flexibility index (Phi) is 15.7. The summed E-state index contributed by atoms with van der Waals surface area (Å²) in [6.45, 7) is 4.72. The molecule has 0 aliphatic rings. The first-order valence-electron chi connectivity index (χ1n) is 9.03. The number of unbranched alkanes of at least 4 members (excludes halogenated alkanes) is 1. The maximum absolute atomic E-state index is 11.1. The third-order valence-corrected chi connectivity index (χ3v) is 3.49. The van der Waals surface area contributed by atoms with Gasteiger partial charge in [0.15, 0.2) is 5.96 Å². The van der Waals surface area contributed by atoms with Crippen LogP contribution < -0.4 is 15.4 Å². The number of rotatable bonds is 12. The van der Waals surface area contributed by atoms with Gasteiger partial charge in [0.05, 0.1) is 13.7 Å². The Morgan fingerprint density at radius 2 is 1.96 bits per heavy atom. The van der Waals surface area contributed by atoms with Crippen molar-refractivity contribution in [3.05, 3.63) is 24.3 Å². The van der Waals surface area contributed by atoms with Gasteiger partial charge in [-0.05, 0) is 31.9 Å². The van der Waals surface area contributed by atoms with E-state index in [9.17, 15) is 4.79 Å². The molecule has 0 heterocycles. The SMILES string of the molecule is CCNC(=NCCCCC(=O)OC)Nc1cccc(OCCCOC)c1.I. The quantitative estimate of drug-likeness (QED) is 0.153. The minimum atomic E-state index is -0.179. The van der Waals surface area contributed by atoms with Crippen LogP contribution in [0.5, 0.6) is 5.75 Å². The molecule has 0 aliphatic heterocycles. The van der Waals surface area contributed by atoms with Crippen molar-refractivity contribution in [2.75, 3.05) is 45.8 Å². The summed E-state index contributed by atoms with van der Waals surface area (Å²) in [6.07, 6.45) is 2.87. The number of methoxy groups -OCH3 is 2. The summed E-state index contributed by atoms with van der Waals surface area (Å²) in [7, 11) is 3.09. The third-order valence-electron chi connectivity index (χ3n) is 3.49. The molecule has 0 aromatic heterocycles. The monoisotopic (exact) mass is 493 g/mol. The standard InChI is InChI=1S/C19H31N3O4.HI/c1-4-20-19(21-12-6-5-11-18(23)25-3)22-16-9-7-10-17(15-16)26-14-8-13-24-2;/h7,9-10,15H,4-6,8,11-14H2,1-3H3,(H2,20,21,22);1H. The van der Waals surface area contributed by atoms with Gasteiger partial charge in [-0.3, -0.25) is 9.79 Å². The van der Waals surface area contributed by atoms with Crippen molar-refractivity contribution < 1.29 is 19.0 Å². The first kappa shape index (κ1) is 25.4. The summed E-state index contributed by atoms with van der Waals surface area (Å²) in [5, 5.41) is 6.49. The Morgan fingerprint density at radius 3 is 2.67 bits per heavy atom. The molecule has 27 heavy (non-hydrogen) atoms. The number of nitrogens with zero attached hydrogens (tertiary/aromatic N) is 1. The molecule has 7 nitrogen and oxygen atoms in total. The Labute approximate surface area is 179 Å². The lowest BCUT2D eigenvalue weighted by molar-refractivity contribution is -0.140. The molecular formula is C19H32IN3O4. The molecule has 8 heteroatoms. The highest BCUT2D eigenvalue weighted by Gasteiger charge is 2.02. The summed E-state index contributed by atoms with van der Waals surface area (Å²) in [5.41, 5.74) is 0.906. The molecule has 0 radical (unpaired) electrons. The fourth-order valence-corrected chi connectivity index (χ4v) is 2.17. The van der Waals surface area contributed by atoms with E-state index in [-0.39, 0.29) is 29.9 Å². The van der Waals surface area contributed by atoms with E-state index < -0.39 is 0 Å². The van der Waals surface area contributed by atoms with Crippen LogP contribution in [0, 0.1) is 0 Å². The van der Waals surface area contributed by atoms with Gasteiger partial charge in [0.1, 0.15) is 5.75 Å². The van der Waals surface area contributed by atoms with Crippen molar-refractivity contribution in [1.82, 2.24) is 5.32 Å². The molecule has 0 aliphatic carbocycles. The van der Waals surface area contributed by atoms with E-state index in [0.717, 1.165) is 37.2 Å². The van der Waals surface area contributed by atoms with E-state index in [4.69, 9.17) is 9.47 Å². The van der Waals surface area contributed by atoms with Crippen molar-refractivity contribution >= 4 is 41.6 Å². The van der Waals surface area contributed by atoms with Crippen LogP contribution in [0.2, 0.25) is 0 Å². The number of aliphatic imine (C=N–C) groups is 1. The maximum atomic E-state index is 11.1. The number of anilines is 1. The maximum Gasteiger partial charge on any atom is 0.305 e. The molecular weight excluding hydrogens is 461 g/mol. The number of carbonyl (C=O) groups excluding carboxylic acids is 1. The molecule has 154 valence electrons. The second-order valence-electron chi connectivity index (χ2n) is 5.64. The first-order chi connectivity index (χ1) is 12.7. The normalized spacial score (nSPS) is 10.7. The molecule has 0 unspecified atom stereocenters. The first-order valence-corrected chi connectivity index (χ1v) is 9.03. The zero-order valence-electron chi connectivity index (χ0n) is 16.5. The van der Waals surface area contributed by atoms with E-state index in [1.54, 1.807) is 7.11 Å². The van der Waals surface area contributed by atoms with Gasteiger partial charge in [0.2, 0.25) is 0 Å². The van der Waals surface area contributed by atoms with Crippen molar-refractivity contribution in [3.63, 3.8) is 0 Å². The van der Waals surface area contributed by atoms with Gasteiger partial charge >= 0.3 is 5.97 Å². The minimum absolute atomic E-state index is 0. The smallest absolute Gasteiger partial charge is 0.305 e. The number of hydrogen-bond acceptors (Lipinski definition) is 5. The van der Waals surface area contributed by atoms with Gasteiger partial charge in [-0.25, -0.2) is 0 Å². The van der Waals surface area contributed by atoms with E-state index in [1.807, 2.05) is 31.2 Å². The largest absolute Gasteiger partial charge is 0.493 e. The molecule has 0 saturated heterocycles. The number of hydrogen-bond donors (Lipinski definition) is 2. The highest BCUT2D eigenvalue weighted by Crippen LogP contribution is 2.17. The average molecular weight is 493 g/mol. The molecule has 0 bridgehead atoms. The number of guanidine groups is 1. The number of halogens is 1. The predicted molar refractivity (Wildman–Crippen MR) is 119 cm³/mol. The average Bonchev–Trinajstić information content (AvgIpc) is 2.65. The van der Waals surface area contributed by atoms with E-state index in [1.165, 1.54) is 7.11 Å². The summed E-state index contributed by atoms with van der Waals surface area (Å²) in [4.78, 5) is 15.6. The molecule has 0 fully saturated rings. The Bertz CT molecular complexity index is 556. The fourth-order valence-electron chi connectivity index (χ4n) is 2.17. The van der Waals surface area contributed by atoms with Crippen LogP contribution in [0.1, 0.15) is 32.6 Å². The molecule has 2 N–H and O–H groups in total. The van der Waals surface area contributed by atoms with Gasteiger partial charge in [-0.2, -0.15) is 0 Å². The lowest BCUT2D eigenvalue weighted by Crippen LogP contribution is -2.30. The Hall–Kier alpha value is -1.55. The number of ether oxygens (including phenoxy) is 3. The van der Waals surface area contributed by atoms with Crippen molar-refractivity contribution in [3.8, 4) is 5.75 Å². The van der Waals surface area contributed by atoms with Crippen LogP contribution in [0.15, 0.2) is 29.3 Å². The molecule has 1 rings (SSSR count). The van der Waals surface area contributed by atoms with Crippen molar-refractivity contribution in [1.29, 1.82) is 0 Å². The molecule has 0 saturated carbocycles. The van der Waals surface area contributed by atoms with Crippen LogP contribution in [-0.4, -0.2) is 52.5 Å². The molecule has 1 aromatic rings. The van der Waals surface area contributed by atoms with Gasteiger partial charge in [-0.1, -0.05) is 6.07 Å². The molecule has 0 amide bonds. The van der Waals surface area contributed by atoms with Gasteiger partial charge in [-0.15, -0.1) is 24.0 Å². The van der Waals surface area contributed by atoms with Gasteiger partial charge in [0.25, 0.3) is 0 Å². The van der Waals surface area contributed by atoms with Gasteiger partial charge in [0, 0.05) is 51.4 Å². The summed E-state index contributed by atoms with van der Waals surface area (Å²) in [5.74, 6) is 1.34. The highest BCUT2D eigenvalue weighted by molar-refractivity contribution is 14.0. The second kappa shape index (κ2) is 16.6. The lowest BCUT2D eigenvalue weighted by Gasteiger charge is -2.13. The Morgan fingerprint density at radius 1 is 1.15 bits per heavy atom. The summed E-state index contributed by atoms with van der Waals surface area (Å²) < 4.78 is 15.4. The number of esters is 1. The highest BCUT2D eigenvalue weighted by atomic mass is 127. The van der Waals surface area contributed by atoms with Crippen LogP contribution in [-0.2, 0) is 14.3 Å². The van der Waals surface area contributed by atoms with E-state index >= 15 is 0 Å². The van der Waals surface area contributed by atoms with Crippen LogP contribution in [0.25, 0.3) is 0 Å². The van der Waals surface area contributed by atoms with E-state index in [2.05, 4.69) is 20.4 Å². The zero-order valence-corrected chi connectivity index (χ0v) is 18.8. The van der Waals surface area contributed by atoms with Crippen LogP contribution in [0.3, 0.4) is 0 Å². The summed E-state index contributed by atoms with van der Waals surface area (Å²) in [6, 6.07) is 7.77. The van der Waals surface area contributed by atoms with Crippen LogP contribution >= 0.6 is 24.0 Å². The number of carbonyl (C=O) groups is 1. The molecule has 1 aromatic carbocycles. The van der Waals surface area contributed by atoms with Crippen molar-refractivity contribution in [2.24, 2.45) is 4.99 Å². The molecule has 0 atom stereocenters. The fraction of sp³-hybridized carbons (Fsp3) is 0.579. The minimum Gasteiger partial charge on any atom is -0.493 e. The number of nitrogens with one attached hydrogen (secondary N) is 2. The predicted octanol–water partition coefficient (Wildman–Crippen LogP) is 3.44. The topological polar surface area (TPSA) is 81.2 Å². The summed E-state index contributed by atoms with van der Waals surface area (Å²) >= 11 is 0. The second-order valence-corrected chi connectivity index (χ2v) is 5.64. The number of benzene rings is 1. The zero-order chi connectivity index (χ0) is 19.0. The lowest BCUT2D eigenvalue weighted by atomic mass is 10.2. The third kappa shape index (κ3) is 12.5. The van der Waals surface area contributed by atoms with E-state index in [0.29, 0.717) is 32.1 Å². The van der Waals surface area contributed by atoms with Crippen LogP contribution in [0.4, 0.5) is 5.69 Å².